The van der Waals surface area contributed by atoms with Gasteiger partial charge in [-0.2, -0.15) is 13.2 Å². The van der Waals surface area contributed by atoms with E-state index in [1.54, 1.807) is 25.1 Å². The van der Waals surface area contributed by atoms with Crippen LogP contribution in [0.25, 0.3) is 5.69 Å². The fourth-order valence-corrected chi connectivity index (χ4v) is 3.91. The Labute approximate surface area is 198 Å². The van der Waals surface area contributed by atoms with E-state index >= 15 is 0 Å². The van der Waals surface area contributed by atoms with Crippen LogP contribution in [-0.4, -0.2) is 43.9 Å². The van der Waals surface area contributed by atoms with Gasteiger partial charge in [-0.15, -0.1) is 5.10 Å². The van der Waals surface area contributed by atoms with E-state index in [4.69, 9.17) is 4.74 Å². The molecule has 0 bridgehead atoms. The van der Waals surface area contributed by atoms with Gasteiger partial charge >= 0.3 is 6.18 Å². The molecule has 1 atom stereocenters. The van der Waals surface area contributed by atoms with E-state index in [1.807, 2.05) is 0 Å². The average molecular weight is 486 g/mol. The lowest BCUT2D eigenvalue weighted by atomic mass is 9.96. The van der Waals surface area contributed by atoms with Crippen LogP contribution in [-0.2, 0) is 28.9 Å². The van der Waals surface area contributed by atoms with E-state index in [1.165, 1.54) is 27.9 Å². The van der Waals surface area contributed by atoms with E-state index in [-0.39, 0.29) is 31.9 Å². The van der Waals surface area contributed by atoms with Crippen LogP contribution in [0.15, 0.2) is 48.7 Å². The van der Waals surface area contributed by atoms with Crippen molar-refractivity contribution < 1.29 is 32.3 Å². The highest BCUT2D eigenvalue weighted by Gasteiger charge is 2.41. The average Bonchev–Trinajstić information content (AvgIpc) is 3.46. The number of carbonyl (C=O) groups excluding carboxylic acids is 3. The number of benzene rings is 2. The number of ether oxygens (including phenoxy) is 1. The normalized spacial score (nSPS) is 15.0. The summed E-state index contributed by atoms with van der Waals surface area (Å²) in [6.45, 7) is 1.77. The second-order valence-electron chi connectivity index (χ2n) is 8.34. The SMILES string of the molecule is C[C@@](C=O)(CCC=O)N1Cc2c(OCc3cn(-c4ccc(C(F)(F)F)cc4)nn3)cccc2C1=O. The second-order valence-corrected chi connectivity index (χ2v) is 8.34. The van der Waals surface area contributed by atoms with Gasteiger partial charge in [0, 0.05) is 17.5 Å². The summed E-state index contributed by atoms with van der Waals surface area (Å²) in [5.74, 6) is 0.116. The summed E-state index contributed by atoms with van der Waals surface area (Å²) in [6, 6.07) is 9.52. The summed E-state index contributed by atoms with van der Waals surface area (Å²) in [4.78, 5) is 37.0. The Morgan fingerprint density at radius 3 is 2.51 bits per heavy atom. The number of aromatic nitrogens is 3. The number of nitrogens with zero attached hydrogens (tertiary/aromatic N) is 4. The van der Waals surface area contributed by atoms with Crippen molar-refractivity contribution in [1.82, 2.24) is 19.9 Å². The molecule has 0 radical (unpaired) electrons. The zero-order valence-electron chi connectivity index (χ0n) is 18.7. The predicted molar refractivity (Wildman–Crippen MR) is 117 cm³/mol. The molecule has 1 aliphatic heterocycles. The van der Waals surface area contributed by atoms with Gasteiger partial charge in [0.2, 0.25) is 0 Å². The highest BCUT2D eigenvalue weighted by Crippen LogP contribution is 2.36. The number of hydrogen-bond donors (Lipinski definition) is 0. The van der Waals surface area contributed by atoms with Crippen LogP contribution >= 0.6 is 0 Å². The smallest absolute Gasteiger partial charge is 0.416 e. The van der Waals surface area contributed by atoms with Crippen molar-refractivity contribution in [3.63, 3.8) is 0 Å². The van der Waals surface area contributed by atoms with E-state index in [0.29, 0.717) is 40.8 Å². The number of halogens is 3. The van der Waals surface area contributed by atoms with E-state index in [2.05, 4.69) is 10.3 Å². The van der Waals surface area contributed by atoms with Crippen LogP contribution in [0.2, 0.25) is 0 Å². The summed E-state index contributed by atoms with van der Waals surface area (Å²) < 4.78 is 45.5. The molecule has 0 unspecified atom stereocenters. The van der Waals surface area contributed by atoms with Crippen molar-refractivity contribution in [3.8, 4) is 11.4 Å². The molecular formula is C24H21F3N4O4. The number of aldehydes is 2. The molecular weight excluding hydrogens is 465 g/mol. The quantitative estimate of drug-likeness (QED) is 0.428. The molecule has 0 saturated heterocycles. The molecule has 0 N–H and O–H groups in total. The van der Waals surface area contributed by atoms with E-state index in [9.17, 15) is 27.6 Å². The van der Waals surface area contributed by atoms with Crippen molar-refractivity contribution in [2.45, 2.75) is 44.6 Å². The molecule has 1 aromatic heterocycles. The Kier molecular flexibility index (Phi) is 6.42. The van der Waals surface area contributed by atoms with Crippen LogP contribution in [0, 0.1) is 0 Å². The van der Waals surface area contributed by atoms with Crippen LogP contribution in [0.4, 0.5) is 13.2 Å². The monoisotopic (exact) mass is 486 g/mol. The lowest BCUT2D eigenvalue weighted by Gasteiger charge is -2.33. The van der Waals surface area contributed by atoms with Crippen LogP contribution in [0.5, 0.6) is 5.75 Å². The number of amides is 1. The predicted octanol–water partition coefficient (Wildman–Crippen LogP) is 3.76. The molecule has 182 valence electrons. The third-order valence-corrected chi connectivity index (χ3v) is 5.94. The summed E-state index contributed by atoms with van der Waals surface area (Å²) >= 11 is 0. The standard InChI is InChI=1S/C24H21F3N4O4/c1-23(15-33,10-3-11-32)30-13-20-19(22(30)34)4-2-5-21(20)35-14-17-12-31(29-28-17)18-8-6-16(7-9-18)24(25,26)27/h2,4-9,11-12,15H,3,10,13-14H2,1H3/t23-/m0/s1. The fraction of sp³-hybridized carbons (Fsp3) is 0.292. The maximum atomic E-state index is 13.0. The van der Waals surface area contributed by atoms with Gasteiger partial charge in [0.05, 0.1) is 29.5 Å². The molecule has 11 heteroatoms. The fourth-order valence-electron chi connectivity index (χ4n) is 3.91. The van der Waals surface area contributed by atoms with Gasteiger partial charge < -0.3 is 19.2 Å². The zero-order valence-corrected chi connectivity index (χ0v) is 18.7. The third kappa shape index (κ3) is 4.79. The molecule has 1 aliphatic rings. The molecule has 2 heterocycles. The van der Waals surface area contributed by atoms with Gasteiger partial charge in [-0.3, -0.25) is 4.79 Å². The summed E-state index contributed by atoms with van der Waals surface area (Å²) in [6.07, 6.45) is -1.14. The molecule has 4 rings (SSSR count). The molecule has 3 aromatic rings. The Morgan fingerprint density at radius 2 is 1.86 bits per heavy atom. The Balaban J connectivity index is 1.48. The van der Waals surface area contributed by atoms with E-state index < -0.39 is 17.3 Å². The van der Waals surface area contributed by atoms with Crippen molar-refractivity contribution >= 4 is 18.5 Å². The molecule has 35 heavy (non-hydrogen) atoms. The number of hydrogen-bond acceptors (Lipinski definition) is 6. The number of carbonyl (C=O) groups is 3. The van der Waals surface area contributed by atoms with Crippen LogP contribution < -0.4 is 4.74 Å². The number of alkyl halides is 3. The highest BCUT2D eigenvalue weighted by atomic mass is 19.4. The first-order chi connectivity index (χ1) is 16.7. The molecule has 0 fully saturated rings. The van der Waals surface area contributed by atoms with Gasteiger partial charge in [0.25, 0.3) is 5.91 Å². The summed E-state index contributed by atoms with van der Waals surface area (Å²) in [7, 11) is 0. The molecule has 1 amide bonds. The Hall–Kier alpha value is -4.02. The third-order valence-electron chi connectivity index (χ3n) is 5.94. The van der Waals surface area contributed by atoms with Crippen molar-refractivity contribution in [1.29, 1.82) is 0 Å². The van der Waals surface area contributed by atoms with Crippen molar-refractivity contribution in [2.24, 2.45) is 0 Å². The summed E-state index contributed by atoms with van der Waals surface area (Å²) in [5, 5.41) is 7.93. The van der Waals surface area contributed by atoms with Crippen LogP contribution in [0.3, 0.4) is 0 Å². The Morgan fingerprint density at radius 1 is 1.11 bits per heavy atom. The van der Waals surface area contributed by atoms with Gasteiger partial charge in [-0.1, -0.05) is 11.3 Å². The first-order valence-corrected chi connectivity index (χ1v) is 10.7. The molecule has 8 nitrogen and oxygen atoms in total. The van der Waals surface area contributed by atoms with Gasteiger partial charge in [-0.05, 0) is 49.7 Å². The van der Waals surface area contributed by atoms with Crippen molar-refractivity contribution in [2.75, 3.05) is 0 Å². The summed E-state index contributed by atoms with van der Waals surface area (Å²) in [5.41, 5.74) is -0.0295. The molecule has 0 spiro atoms. The maximum Gasteiger partial charge on any atom is 0.416 e. The molecule has 0 aliphatic carbocycles. The molecule has 2 aromatic carbocycles. The number of fused-ring (bicyclic) bond motifs is 1. The molecule has 0 saturated carbocycles. The lowest BCUT2D eigenvalue weighted by Crippen LogP contribution is -2.47. The minimum absolute atomic E-state index is 0.00136. The highest BCUT2D eigenvalue weighted by molar-refractivity contribution is 6.01. The first-order valence-electron chi connectivity index (χ1n) is 10.7. The maximum absolute atomic E-state index is 13.0. The lowest BCUT2D eigenvalue weighted by molar-refractivity contribution is -0.137. The van der Waals surface area contributed by atoms with Gasteiger partial charge in [0.1, 0.15) is 30.6 Å². The number of rotatable bonds is 9. The second kappa shape index (κ2) is 9.32. The van der Waals surface area contributed by atoms with Crippen molar-refractivity contribution in [3.05, 3.63) is 71.0 Å². The zero-order chi connectivity index (χ0) is 25.2. The Bertz CT molecular complexity index is 1260. The van der Waals surface area contributed by atoms with Gasteiger partial charge in [-0.25, -0.2) is 4.68 Å². The largest absolute Gasteiger partial charge is 0.487 e. The topological polar surface area (TPSA) is 94.4 Å². The first kappa shape index (κ1) is 24.1. The van der Waals surface area contributed by atoms with E-state index in [0.717, 1.165) is 12.1 Å². The minimum Gasteiger partial charge on any atom is -0.487 e. The minimum atomic E-state index is -4.43. The van der Waals surface area contributed by atoms with Crippen LogP contribution in [0.1, 0.15) is 46.9 Å². The van der Waals surface area contributed by atoms with Gasteiger partial charge in [0.15, 0.2) is 0 Å².